The zero-order valence-electron chi connectivity index (χ0n) is 10.4. The fourth-order valence-corrected chi connectivity index (χ4v) is 2.33. The van der Waals surface area contributed by atoms with Gasteiger partial charge in [0.25, 0.3) is 5.91 Å². The highest BCUT2D eigenvalue weighted by Gasteiger charge is 2.32. The normalized spacial score (nSPS) is 18.4. The predicted octanol–water partition coefficient (Wildman–Crippen LogP) is 1.68. The van der Waals surface area contributed by atoms with Crippen LogP contribution in [-0.4, -0.2) is 42.1 Å². The number of phenolic OH excluding ortho intramolecular Hbond substituents is 1. The van der Waals surface area contributed by atoms with Crippen molar-refractivity contribution in [3.63, 3.8) is 0 Å². The van der Waals surface area contributed by atoms with Crippen molar-refractivity contribution >= 4 is 23.5 Å². The van der Waals surface area contributed by atoms with E-state index in [0.29, 0.717) is 24.5 Å². The highest BCUT2D eigenvalue weighted by molar-refractivity contribution is 6.31. The van der Waals surface area contributed by atoms with Crippen LogP contribution in [0, 0.1) is 5.92 Å². The van der Waals surface area contributed by atoms with Crippen molar-refractivity contribution in [1.29, 1.82) is 0 Å². The highest BCUT2D eigenvalue weighted by atomic mass is 35.5. The van der Waals surface area contributed by atoms with Crippen molar-refractivity contribution in [2.45, 2.75) is 6.42 Å². The number of carbonyl (C=O) groups excluding carboxylic acids is 2. The fourth-order valence-electron chi connectivity index (χ4n) is 2.15. The molecule has 1 amide bonds. The Labute approximate surface area is 115 Å². The molecule has 5 nitrogen and oxygen atoms in total. The summed E-state index contributed by atoms with van der Waals surface area (Å²) in [5.74, 6) is -1.05. The van der Waals surface area contributed by atoms with Crippen LogP contribution in [0.4, 0.5) is 0 Å². The maximum Gasteiger partial charge on any atom is 0.310 e. The number of aromatic hydroxyl groups is 1. The standard InChI is InChI=1S/C13H14ClNO4/c1-19-13(18)8-4-5-15(7-8)12(17)10-6-9(14)2-3-11(10)16/h2-3,6,8,16H,4-5,7H2,1H3. The minimum absolute atomic E-state index is 0.115. The quantitative estimate of drug-likeness (QED) is 0.839. The Bertz CT molecular complexity index is 517. The highest BCUT2D eigenvalue weighted by Crippen LogP contribution is 2.26. The van der Waals surface area contributed by atoms with Gasteiger partial charge in [0.15, 0.2) is 0 Å². The van der Waals surface area contributed by atoms with Gasteiger partial charge in [-0.1, -0.05) is 11.6 Å². The molecule has 0 aromatic heterocycles. The molecule has 0 radical (unpaired) electrons. The molecule has 1 fully saturated rings. The van der Waals surface area contributed by atoms with E-state index in [4.69, 9.17) is 11.6 Å². The summed E-state index contributed by atoms with van der Waals surface area (Å²) in [5.41, 5.74) is 0.151. The van der Waals surface area contributed by atoms with Crippen LogP contribution in [0.1, 0.15) is 16.8 Å². The average molecular weight is 284 g/mol. The number of likely N-dealkylation sites (tertiary alicyclic amines) is 1. The van der Waals surface area contributed by atoms with Gasteiger partial charge in [-0.05, 0) is 24.6 Å². The molecule has 1 atom stereocenters. The Morgan fingerprint density at radius 1 is 1.47 bits per heavy atom. The van der Waals surface area contributed by atoms with Gasteiger partial charge in [-0.15, -0.1) is 0 Å². The van der Waals surface area contributed by atoms with E-state index in [1.807, 2.05) is 0 Å². The van der Waals surface area contributed by atoms with Gasteiger partial charge in [-0.3, -0.25) is 9.59 Å². The van der Waals surface area contributed by atoms with Crippen LogP contribution < -0.4 is 0 Å². The topological polar surface area (TPSA) is 66.8 Å². The largest absolute Gasteiger partial charge is 0.507 e. The molecule has 1 saturated heterocycles. The third kappa shape index (κ3) is 2.81. The molecule has 1 aliphatic heterocycles. The summed E-state index contributed by atoms with van der Waals surface area (Å²) in [6.07, 6.45) is 0.569. The molecular formula is C13H14ClNO4. The molecule has 0 saturated carbocycles. The summed E-state index contributed by atoms with van der Waals surface area (Å²) in [6.45, 7) is 0.766. The minimum Gasteiger partial charge on any atom is -0.507 e. The first kappa shape index (κ1) is 13.7. The van der Waals surface area contributed by atoms with Crippen LogP contribution >= 0.6 is 11.6 Å². The van der Waals surface area contributed by atoms with Crippen LogP contribution in [0.25, 0.3) is 0 Å². The Morgan fingerprint density at radius 2 is 2.21 bits per heavy atom. The molecular weight excluding hydrogens is 270 g/mol. The van der Waals surface area contributed by atoms with Crippen molar-refractivity contribution in [2.75, 3.05) is 20.2 Å². The molecule has 102 valence electrons. The zero-order valence-corrected chi connectivity index (χ0v) is 11.2. The summed E-state index contributed by atoms with van der Waals surface area (Å²) in [7, 11) is 1.33. The molecule has 0 spiro atoms. The van der Waals surface area contributed by atoms with E-state index in [-0.39, 0.29) is 29.1 Å². The smallest absolute Gasteiger partial charge is 0.310 e. The van der Waals surface area contributed by atoms with Crippen molar-refractivity contribution < 1.29 is 19.4 Å². The molecule has 0 bridgehead atoms. The number of amides is 1. The second-order valence-electron chi connectivity index (χ2n) is 4.42. The summed E-state index contributed by atoms with van der Waals surface area (Å²) >= 11 is 5.81. The van der Waals surface area contributed by atoms with E-state index < -0.39 is 0 Å². The number of phenols is 1. The SMILES string of the molecule is COC(=O)C1CCN(C(=O)c2cc(Cl)ccc2O)C1. The van der Waals surface area contributed by atoms with Crippen LogP contribution in [-0.2, 0) is 9.53 Å². The van der Waals surface area contributed by atoms with Gasteiger partial charge in [0.2, 0.25) is 0 Å². The average Bonchev–Trinajstić information content (AvgIpc) is 2.89. The van der Waals surface area contributed by atoms with E-state index >= 15 is 0 Å². The molecule has 1 aromatic carbocycles. The predicted molar refractivity (Wildman–Crippen MR) is 69.1 cm³/mol. The third-order valence-electron chi connectivity index (χ3n) is 3.20. The van der Waals surface area contributed by atoms with Gasteiger partial charge in [0.05, 0.1) is 18.6 Å². The van der Waals surface area contributed by atoms with Crippen LogP contribution in [0.2, 0.25) is 5.02 Å². The monoisotopic (exact) mass is 283 g/mol. The van der Waals surface area contributed by atoms with E-state index in [2.05, 4.69) is 4.74 Å². The maximum atomic E-state index is 12.2. The number of hydrogen-bond donors (Lipinski definition) is 1. The Kier molecular flexibility index (Phi) is 3.95. The summed E-state index contributed by atoms with van der Waals surface area (Å²) in [4.78, 5) is 25.2. The first-order chi connectivity index (χ1) is 9.02. The second kappa shape index (κ2) is 5.48. The van der Waals surface area contributed by atoms with Gasteiger partial charge >= 0.3 is 5.97 Å². The Morgan fingerprint density at radius 3 is 2.89 bits per heavy atom. The van der Waals surface area contributed by atoms with Crippen LogP contribution in [0.3, 0.4) is 0 Å². The molecule has 19 heavy (non-hydrogen) atoms. The van der Waals surface area contributed by atoms with Gasteiger partial charge in [0, 0.05) is 18.1 Å². The van der Waals surface area contributed by atoms with E-state index in [9.17, 15) is 14.7 Å². The first-order valence-corrected chi connectivity index (χ1v) is 6.26. The van der Waals surface area contributed by atoms with Crippen molar-refractivity contribution in [1.82, 2.24) is 4.90 Å². The van der Waals surface area contributed by atoms with Crippen molar-refractivity contribution in [3.8, 4) is 5.75 Å². The number of rotatable bonds is 2. The van der Waals surface area contributed by atoms with Crippen LogP contribution in [0.15, 0.2) is 18.2 Å². The molecule has 0 aliphatic carbocycles. The Balaban J connectivity index is 2.13. The molecule has 1 heterocycles. The van der Waals surface area contributed by atoms with E-state index in [1.54, 1.807) is 0 Å². The molecule has 2 rings (SSSR count). The van der Waals surface area contributed by atoms with Gasteiger partial charge in [-0.2, -0.15) is 0 Å². The molecule has 6 heteroatoms. The number of ether oxygens (including phenoxy) is 1. The zero-order chi connectivity index (χ0) is 14.0. The lowest BCUT2D eigenvalue weighted by atomic mass is 10.1. The third-order valence-corrected chi connectivity index (χ3v) is 3.43. The number of halogens is 1. The number of esters is 1. The van der Waals surface area contributed by atoms with Gasteiger partial charge < -0.3 is 14.7 Å². The number of benzene rings is 1. The number of hydrogen-bond acceptors (Lipinski definition) is 4. The van der Waals surface area contributed by atoms with Crippen molar-refractivity contribution in [3.05, 3.63) is 28.8 Å². The molecule has 1 aliphatic rings. The first-order valence-electron chi connectivity index (χ1n) is 5.88. The number of carbonyl (C=O) groups is 2. The molecule has 1 unspecified atom stereocenters. The number of nitrogens with zero attached hydrogens (tertiary/aromatic N) is 1. The molecule has 1 N–H and O–H groups in total. The summed E-state index contributed by atoms with van der Waals surface area (Å²) in [5, 5.41) is 10.1. The summed E-state index contributed by atoms with van der Waals surface area (Å²) in [6, 6.07) is 4.31. The van der Waals surface area contributed by atoms with Gasteiger partial charge in [0.1, 0.15) is 5.75 Å². The van der Waals surface area contributed by atoms with Crippen LogP contribution in [0.5, 0.6) is 5.75 Å². The second-order valence-corrected chi connectivity index (χ2v) is 4.86. The van der Waals surface area contributed by atoms with Crippen molar-refractivity contribution in [2.24, 2.45) is 5.92 Å². The van der Waals surface area contributed by atoms with E-state index in [0.717, 1.165) is 0 Å². The lowest BCUT2D eigenvalue weighted by Crippen LogP contribution is -2.30. The fraction of sp³-hybridized carbons (Fsp3) is 0.385. The minimum atomic E-state index is -0.327. The lowest BCUT2D eigenvalue weighted by Gasteiger charge is -2.17. The Hall–Kier alpha value is -1.75. The lowest BCUT2D eigenvalue weighted by molar-refractivity contribution is -0.144. The summed E-state index contributed by atoms with van der Waals surface area (Å²) < 4.78 is 4.66. The number of methoxy groups -OCH3 is 1. The maximum absolute atomic E-state index is 12.2. The van der Waals surface area contributed by atoms with E-state index in [1.165, 1.54) is 30.2 Å². The van der Waals surface area contributed by atoms with Gasteiger partial charge in [-0.25, -0.2) is 0 Å². The molecule has 1 aromatic rings.